The maximum atomic E-state index is 11.6. The van der Waals surface area contributed by atoms with Crippen LogP contribution in [0.25, 0.3) is 11.3 Å². The van der Waals surface area contributed by atoms with Gasteiger partial charge < -0.3 is 10.2 Å². The highest BCUT2D eigenvalue weighted by atomic mass is 16.6. The third-order valence-corrected chi connectivity index (χ3v) is 4.52. The molecule has 26 heavy (non-hydrogen) atoms. The average Bonchev–Trinajstić information content (AvgIpc) is 3.20. The summed E-state index contributed by atoms with van der Waals surface area (Å²) in [7, 11) is 1.86. The Balaban J connectivity index is 1.55. The van der Waals surface area contributed by atoms with E-state index in [4.69, 9.17) is 0 Å². The maximum absolute atomic E-state index is 11.6. The SMILES string of the molecule is Cn1cc(CNCCCN2CCCC2=O)c(-c2ccc([N+](=O)[O-])cc2)n1. The fourth-order valence-electron chi connectivity index (χ4n) is 3.21. The molecule has 1 aliphatic heterocycles. The quantitative estimate of drug-likeness (QED) is 0.444. The predicted molar refractivity (Wildman–Crippen MR) is 97.4 cm³/mol. The molecule has 2 heterocycles. The molecule has 0 spiro atoms. The number of hydrogen-bond donors (Lipinski definition) is 1. The van der Waals surface area contributed by atoms with Crippen LogP contribution in [0.3, 0.4) is 0 Å². The molecule has 1 aliphatic rings. The Morgan fingerprint density at radius 3 is 2.73 bits per heavy atom. The number of rotatable bonds is 8. The Morgan fingerprint density at radius 1 is 1.31 bits per heavy atom. The molecule has 138 valence electrons. The summed E-state index contributed by atoms with van der Waals surface area (Å²) in [5.41, 5.74) is 2.79. The molecule has 1 N–H and O–H groups in total. The van der Waals surface area contributed by atoms with Crippen molar-refractivity contribution in [3.63, 3.8) is 0 Å². The number of nitro benzene ring substituents is 1. The van der Waals surface area contributed by atoms with Gasteiger partial charge in [0.15, 0.2) is 0 Å². The second-order valence-electron chi connectivity index (χ2n) is 6.50. The summed E-state index contributed by atoms with van der Waals surface area (Å²) in [5, 5.41) is 18.7. The summed E-state index contributed by atoms with van der Waals surface area (Å²) in [6, 6.07) is 6.44. The van der Waals surface area contributed by atoms with Crippen molar-refractivity contribution in [1.29, 1.82) is 0 Å². The van der Waals surface area contributed by atoms with E-state index in [0.717, 1.165) is 49.3 Å². The van der Waals surface area contributed by atoms with Gasteiger partial charge in [-0.15, -0.1) is 0 Å². The van der Waals surface area contributed by atoms with Crippen LogP contribution in [0.5, 0.6) is 0 Å². The van der Waals surface area contributed by atoms with Crippen LogP contribution in [0, 0.1) is 10.1 Å². The molecule has 1 aromatic carbocycles. The van der Waals surface area contributed by atoms with Crippen LogP contribution in [-0.2, 0) is 18.4 Å². The number of nitrogens with one attached hydrogen (secondary N) is 1. The first-order valence-corrected chi connectivity index (χ1v) is 8.80. The monoisotopic (exact) mass is 357 g/mol. The number of likely N-dealkylation sites (tertiary alicyclic amines) is 1. The number of aryl methyl sites for hydroxylation is 1. The van der Waals surface area contributed by atoms with Crippen LogP contribution in [-0.4, -0.2) is 45.1 Å². The van der Waals surface area contributed by atoms with Crippen molar-refractivity contribution in [1.82, 2.24) is 20.0 Å². The predicted octanol–water partition coefficient (Wildman–Crippen LogP) is 2.10. The summed E-state index contributed by atoms with van der Waals surface area (Å²) in [6.45, 7) is 3.16. The third kappa shape index (κ3) is 4.26. The molecule has 0 radical (unpaired) electrons. The molecule has 0 unspecified atom stereocenters. The first-order chi connectivity index (χ1) is 12.5. The highest BCUT2D eigenvalue weighted by molar-refractivity contribution is 5.78. The van der Waals surface area contributed by atoms with Gasteiger partial charge in [0.2, 0.25) is 5.91 Å². The first kappa shape index (κ1) is 18.1. The van der Waals surface area contributed by atoms with E-state index in [1.165, 1.54) is 12.1 Å². The lowest BCUT2D eigenvalue weighted by molar-refractivity contribution is -0.384. The summed E-state index contributed by atoms with van der Waals surface area (Å²) in [4.78, 5) is 23.9. The van der Waals surface area contributed by atoms with Crippen molar-refractivity contribution < 1.29 is 9.72 Å². The standard InChI is InChI=1S/C18H23N5O3/c1-21-13-15(12-19-9-3-11-22-10-2-4-17(22)24)18(20-21)14-5-7-16(8-6-14)23(25)26/h5-8,13,19H,2-4,9-12H2,1H3. The number of nitrogens with zero attached hydrogens (tertiary/aromatic N) is 4. The third-order valence-electron chi connectivity index (χ3n) is 4.52. The zero-order valence-electron chi connectivity index (χ0n) is 14.9. The van der Waals surface area contributed by atoms with Gasteiger partial charge in [-0.1, -0.05) is 0 Å². The molecule has 8 heteroatoms. The second-order valence-corrected chi connectivity index (χ2v) is 6.50. The second kappa shape index (κ2) is 8.09. The van der Waals surface area contributed by atoms with Crippen molar-refractivity contribution in [3.05, 3.63) is 46.1 Å². The molecular weight excluding hydrogens is 334 g/mol. The van der Waals surface area contributed by atoms with Gasteiger partial charge in [0.05, 0.1) is 10.6 Å². The number of aromatic nitrogens is 2. The van der Waals surface area contributed by atoms with Gasteiger partial charge in [-0.25, -0.2) is 0 Å². The molecule has 1 aromatic heterocycles. The topological polar surface area (TPSA) is 93.3 Å². The van der Waals surface area contributed by atoms with E-state index in [0.29, 0.717) is 13.0 Å². The Bertz CT molecular complexity index is 785. The Hall–Kier alpha value is -2.74. The molecule has 1 amide bonds. The first-order valence-electron chi connectivity index (χ1n) is 8.80. The van der Waals surface area contributed by atoms with Crippen LogP contribution in [0.2, 0.25) is 0 Å². The molecule has 0 aliphatic carbocycles. The van der Waals surface area contributed by atoms with Crippen molar-refractivity contribution in [2.75, 3.05) is 19.6 Å². The molecular formula is C18H23N5O3. The molecule has 2 aromatic rings. The average molecular weight is 357 g/mol. The fourth-order valence-corrected chi connectivity index (χ4v) is 3.21. The Labute approximate surface area is 151 Å². The molecule has 1 saturated heterocycles. The van der Waals surface area contributed by atoms with E-state index in [9.17, 15) is 14.9 Å². The van der Waals surface area contributed by atoms with E-state index in [1.54, 1.807) is 16.8 Å². The maximum Gasteiger partial charge on any atom is 0.269 e. The minimum Gasteiger partial charge on any atom is -0.343 e. The van der Waals surface area contributed by atoms with Crippen LogP contribution >= 0.6 is 0 Å². The molecule has 1 fully saturated rings. The summed E-state index contributed by atoms with van der Waals surface area (Å²) in [6.07, 6.45) is 4.52. The van der Waals surface area contributed by atoms with Crippen molar-refractivity contribution in [3.8, 4) is 11.3 Å². The minimum absolute atomic E-state index is 0.0702. The molecule has 0 atom stereocenters. The number of carbonyl (C=O) groups is 1. The van der Waals surface area contributed by atoms with Gasteiger partial charge in [-0.05, 0) is 31.5 Å². The zero-order valence-corrected chi connectivity index (χ0v) is 14.9. The van der Waals surface area contributed by atoms with Gasteiger partial charge in [0.1, 0.15) is 0 Å². The van der Waals surface area contributed by atoms with E-state index in [2.05, 4.69) is 10.4 Å². The number of non-ortho nitro benzene ring substituents is 1. The van der Waals surface area contributed by atoms with Gasteiger partial charge in [0.25, 0.3) is 5.69 Å². The summed E-state index contributed by atoms with van der Waals surface area (Å²) in [5.74, 6) is 0.262. The molecule has 0 saturated carbocycles. The fraction of sp³-hybridized carbons (Fsp3) is 0.444. The normalized spacial score (nSPS) is 14.2. The van der Waals surface area contributed by atoms with Gasteiger partial charge in [-0.2, -0.15) is 5.10 Å². The van der Waals surface area contributed by atoms with Gasteiger partial charge >= 0.3 is 0 Å². The lowest BCUT2D eigenvalue weighted by Gasteiger charge is -2.15. The Kier molecular flexibility index (Phi) is 5.62. The minimum atomic E-state index is -0.407. The highest BCUT2D eigenvalue weighted by Crippen LogP contribution is 2.24. The van der Waals surface area contributed by atoms with Crippen molar-refractivity contribution in [2.24, 2.45) is 7.05 Å². The van der Waals surface area contributed by atoms with Crippen LogP contribution in [0.4, 0.5) is 5.69 Å². The Morgan fingerprint density at radius 2 is 2.08 bits per heavy atom. The van der Waals surface area contributed by atoms with Crippen LogP contribution in [0.1, 0.15) is 24.8 Å². The van der Waals surface area contributed by atoms with Gasteiger partial charge in [-0.3, -0.25) is 19.6 Å². The number of benzene rings is 1. The summed E-state index contributed by atoms with van der Waals surface area (Å²) >= 11 is 0. The highest BCUT2D eigenvalue weighted by Gasteiger charge is 2.19. The molecule has 3 rings (SSSR count). The number of amides is 1. The van der Waals surface area contributed by atoms with E-state index >= 15 is 0 Å². The lowest BCUT2D eigenvalue weighted by Crippen LogP contribution is -2.28. The molecule has 8 nitrogen and oxygen atoms in total. The number of hydrogen-bond acceptors (Lipinski definition) is 5. The van der Waals surface area contributed by atoms with E-state index in [-0.39, 0.29) is 11.6 Å². The van der Waals surface area contributed by atoms with E-state index in [1.807, 2.05) is 18.1 Å². The number of carbonyl (C=O) groups excluding carboxylic acids is 1. The van der Waals surface area contributed by atoms with Crippen LogP contribution in [0.15, 0.2) is 30.5 Å². The van der Waals surface area contributed by atoms with E-state index < -0.39 is 4.92 Å². The van der Waals surface area contributed by atoms with Crippen molar-refractivity contribution >= 4 is 11.6 Å². The lowest BCUT2D eigenvalue weighted by atomic mass is 10.1. The van der Waals surface area contributed by atoms with Crippen molar-refractivity contribution in [2.45, 2.75) is 25.8 Å². The largest absolute Gasteiger partial charge is 0.343 e. The summed E-state index contributed by atoms with van der Waals surface area (Å²) < 4.78 is 1.75. The smallest absolute Gasteiger partial charge is 0.269 e. The van der Waals surface area contributed by atoms with Gasteiger partial charge in [0, 0.05) is 62.6 Å². The zero-order chi connectivity index (χ0) is 18.5. The number of nitro groups is 1. The molecule has 0 bridgehead atoms. The van der Waals surface area contributed by atoms with Crippen LogP contribution < -0.4 is 5.32 Å².